The summed E-state index contributed by atoms with van der Waals surface area (Å²) in [4.78, 5) is 29.0. The molecule has 2 aromatic carbocycles. The van der Waals surface area contributed by atoms with E-state index in [-0.39, 0.29) is 12.3 Å². The van der Waals surface area contributed by atoms with Crippen LogP contribution >= 0.6 is 0 Å². The third-order valence-electron chi connectivity index (χ3n) is 4.58. The first kappa shape index (κ1) is 18.7. The van der Waals surface area contributed by atoms with E-state index in [9.17, 15) is 4.79 Å². The van der Waals surface area contributed by atoms with E-state index < -0.39 is 0 Å². The van der Waals surface area contributed by atoms with Gasteiger partial charge < -0.3 is 19.8 Å². The molecule has 0 fully saturated rings. The number of H-pyrrole nitrogens is 1. The van der Waals surface area contributed by atoms with Crippen LogP contribution < -0.4 is 14.8 Å². The van der Waals surface area contributed by atoms with Crippen LogP contribution in [-0.2, 0) is 17.8 Å². The Morgan fingerprint density at radius 3 is 2.55 bits per heavy atom. The van der Waals surface area contributed by atoms with E-state index in [2.05, 4.69) is 25.3 Å². The number of aromatic nitrogens is 4. The van der Waals surface area contributed by atoms with Gasteiger partial charge >= 0.3 is 0 Å². The molecule has 0 bridgehead atoms. The van der Waals surface area contributed by atoms with Crippen molar-refractivity contribution in [1.82, 2.24) is 25.3 Å². The summed E-state index contributed by atoms with van der Waals surface area (Å²) in [7, 11) is 3.17. The minimum absolute atomic E-state index is 0.0972. The Balaban J connectivity index is 1.38. The van der Waals surface area contributed by atoms with Crippen LogP contribution in [0.5, 0.6) is 11.6 Å². The van der Waals surface area contributed by atoms with Crippen LogP contribution in [0, 0.1) is 0 Å². The van der Waals surface area contributed by atoms with Crippen molar-refractivity contribution in [2.24, 2.45) is 0 Å². The van der Waals surface area contributed by atoms with Crippen LogP contribution in [0.25, 0.3) is 22.1 Å². The molecule has 8 heteroatoms. The molecule has 148 valence electrons. The second-order valence-corrected chi connectivity index (χ2v) is 6.51. The Kier molecular flexibility index (Phi) is 5.24. The van der Waals surface area contributed by atoms with E-state index in [1.54, 1.807) is 14.2 Å². The predicted molar refractivity (Wildman–Crippen MR) is 109 cm³/mol. The molecule has 4 rings (SSSR count). The zero-order valence-corrected chi connectivity index (χ0v) is 16.2. The first-order valence-electron chi connectivity index (χ1n) is 9.25. The molecule has 0 saturated heterocycles. The number of imidazole rings is 1. The fraction of sp³-hybridized carbons (Fsp3) is 0.238. The Morgan fingerprint density at radius 2 is 1.79 bits per heavy atom. The number of methoxy groups -OCH3 is 2. The molecule has 2 N–H and O–H groups in total. The maximum Gasteiger partial charge on any atom is 0.235 e. The molecule has 1 amide bonds. The average molecular weight is 391 g/mol. The summed E-state index contributed by atoms with van der Waals surface area (Å²) in [6.07, 6.45) is 0.710. The number of aryl methyl sites for hydroxylation is 1. The maximum absolute atomic E-state index is 12.3. The van der Waals surface area contributed by atoms with E-state index in [0.29, 0.717) is 30.4 Å². The first-order valence-corrected chi connectivity index (χ1v) is 9.25. The zero-order chi connectivity index (χ0) is 20.2. The molecule has 8 nitrogen and oxygen atoms in total. The molecule has 0 unspecified atom stereocenters. The topological polar surface area (TPSA) is 102 Å². The van der Waals surface area contributed by atoms with Gasteiger partial charge in [-0.25, -0.2) is 15.0 Å². The Morgan fingerprint density at radius 1 is 1.00 bits per heavy atom. The molecule has 2 heterocycles. The molecule has 29 heavy (non-hydrogen) atoms. The normalized spacial score (nSPS) is 11.0. The van der Waals surface area contributed by atoms with Crippen molar-refractivity contribution < 1.29 is 14.3 Å². The van der Waals surface area contributed by atoms with Crippen LogP contribution in [-0.4, -0.2) is 40.1 Å². The smallest absolute Gasteiger partial charge is 0.235 e. The van der Waals surface area contributed by atoms with Gasteiger partial charge in [-0.3, -0.25) is 4.79 Å². The van der Waals surface area contributed by atoms with E-state index in [1.165, 1.54) is 0 Å². The Bertz CT molecular complexity index is 1170. The van der Waals surface area contributed by atoms with Crippen LogP contribution in [0.15, 0.2) is 42.5 Å². The number of rotatable bonds is 7. The highest BCUT2D eigenvalue weighted by atomic mass is 16.5. The number of fused-ring (bicyclic) bond motifs is 2. The minimum Gasteiger partial charge on any atom is -0.497 e. The fourth-order valence-electron chi connectivity index (χ4n) is 3.10. The molecule has 4 aromatic rings. The van der Waals surface area contributed by atoms with Crippen molar-refractivity contribution in [2.75, 3.05) is 14.2 Å². The number of ether oxygens (including phenoxy) is 2. The highest BCUT2D eigenvalue weighted by Gasteiger charge is 2.12. The summed E-state index contributed by atoms with van der Waals surface area (Å²) in [5, 5.41) is 2.88. The van der Waals surface area contributed by atoms with Gasteiger partial charge in [0.25, 0.3) is 0 Å². The molecule has 0 aliphatic rings. The number of hydrogen-bond acceptors (Lipinski definition) is 6. The number of hydrogen-bond donors (Lipinski definition) is 2. The second-order valence-electron chi connectivity index (χ2n) is 6.51. The van der Waals surface area contributed by atoms with Gasteiger partial charge in [0.1, 0.15) is 17.3 Å². The number of aromatic amines is 1. The highest BCUT2D eigenvalue weighted by molar-refractivity contribution is 5.78. The summed E-state index contributed by atoms with van der Waals surface area (Å²) < 4.78 is 10.5. The SMILES string of the molecule is COc1ccc2nc(CNC(=O)CCc3nc4ccccc4nc3OC)[nH]c2c1. The summed E-state index contributed by atoms with van der Waals surface area (Å²) >= 11 is 0. The number of carbonyl (C=O) groups is 1. The van der Waals surface area contributed by atoms with Crippen LogP contribution in [0.2, 0.25) is 0 Å². The first-order chi connectivity index (χ1) is 14.2. The summed E-state index contributed by atoms with van der Waals surface area (Å²) in [6.45, 7) is 0.316. The monoisotopic (exact) mass is 391 g/mol. The van der Waals surface area contributed by atoms with Gasteiger partial charge in [0.05, 0.1) is 42.8 Å². The van der Waals surface area contributed by atoms with Crippen molar-refractivity contribution in [2.45, 2.75) is 19.4 Å². The van der Waals surface area contributed by atoms with Crippen LogP contribution in [0.3, 0.4) is 0 Å². The third-order valence-corrected chi connectivity index (χ3v) is 4.58. The number of amides is 1. The molecular weight excluding hydrogens is 370 g/mol. The molecule has 0 atom stereocenters. The van der Waals surface area contributed by atoms with Crippen molar-refractivity contribution in [3.05, 3.63) is 54.0 Å². The van der Waals surface area contributed by atoms with Crippen molar-refractivity contribution in [1.29, 1.82) is 0 Å². The van der Waals surface area contributed by atoms with Gasteiger partial charge in [-0.05, 0) is 24.3 Å². The Hall–Kier alpha value is -3.68. The van der Waals surface area contributed by atoms with E-state index >= 15 is 0 Å². The predicted octanol–water partition coefficient (Wildman–Crippen LogP) is 2.77. The summed E-state index contributed by atoms with van der Waals surface area (Å²) in [6, 6.07) is 13.2. The zero-order valence-electron chi connectivity index (χ0n) is 16.2. The van der Waals surface area contributed by atoms with Gasteiger partial charge in [-0.15, -0.1) is 0 Å². The molecule has 2 aromatic heterocycles. The molecule has 0 radical (unpaired) electrons. The lowest BCUT2D eigenvalue weighted by atomic mass is 10.2. The van der Waals surface area contributed by atoms with Crippen LogP contribution in [0.4, 0.5) is 0 Å². The lowest BCUT2D eigenvalue weighted by Gasteiger charge is -2.08. The molecule has 0 saturated carbocycles. The quantitative estimate of drug-likeness (QED) is 0.502. The van der Waals surface area contributed by atoms with Crippen molar-refractivity contribution in [3.8, 4) is 11.6 Å². The van der Waals surface area contributed by atoms with Crippen molar-refractivity contribution in [3.63, 3.8) is 0 Å². The standard InChI is InChI=1S/C21H21N5O3/c1-28-13-7-8-16-18(11-13)25-19(24-16)12-22-20(27)10-9-17-21(29-2)26-15-6-4-3-5-14(15)23-17/h3-8,11H,9-10,12H2,1-2H3,(H,22,27)(H,24,25). The Labute approximate surface area is 167 Å². The van der Waals surface area contributed by atoms with Crippen LogP contribution in [0.1, 0.15) is 17.9 Å². The van der Waals surface area contributed by atoms with E-state index in [4.69, 9.17) is 9.47 Å². The summed E-state index contributed by atoms with van der Waals surface area (Å²) in [5.74, 6) is 1.79. The third kappa shape index (κ3) is 4.11. The maximum atomic E-state index is 12.3. The van der Waals surface area contributed by atoms with Gasteiger partial charge in [-0.2, -0.15) is 0 Å². The fourth-order valence-corrected chi connectivity index (χ4v) is 3.10. The van der Waals surface area contributed by atoms with Gasteiger partial charge in [0, 0.05) is 18.9 Å². The summed E-state index contributed by atoms with van der Waals surface area (Å²) in [5.41, 5.74) is 3.90. The lowest BCUT2D eigenvalue weighted by molar-refractivity contribution is -0.121. The van der Waals surface area contributed by atoms with Gasteiger partial charge in [-0.1, -0.05) is 12.1 Å². The number of carbonyl (C=O) groups excluding carboxylic acids is 1. The largest absolute Gasteiger partial charge is 0.497 e. The number of para-hydroxylation sites is 2. The number of nitrogens with zero attached hydrogens (tertiary/aromatic N) is 3. The van der Waals surface area contributed by atoms with Gasteiger partial charge in [0.15, 0.2) is 0 Å². The van der Waals surface area contributed by atoms with E-state index in [1.807, 2.05) is 42.5 Å². The number of nitrogens with one attached hydrogen (secondary N) is 2. The minimum atomic E-state index is -0.0972. The molecule has 0 spiro atoms. The number of benzene rings is 2. The molecule has 0 aliphatic heterocycles. The van der Waals surface area contributed by atoms with E-state index in [0.717, 1.165) is 27.8 Å². The highest BCUT2D eigenvalue weighted by Crippen LogP contribution is 2.20. The van der Waals surface area contributed by atoms with Gasteiger partial charge in [0.2, 0.25) is 11.8 Å². The second kappa shape index (κ2) is 8.14. The molecule has 0 aliphatic carbocycles. The van der Waals surface area contributed by atoms with Crippen molar-refractivity contribution >= 4 is 28.0 Å². The molecular formula is C21H21N5O3. The lowest BCUT2D eigenvalue weighted by Crippen LogP contribution is -2.23. The average Bonchev–Trinajstić information content (AvgIpc) is 3.17.